The number of rotatable bonds is 20. The number of hydrogen-bond donors (Lipinski definition) is 3. The Morgan fingerprint density at radius 3 is 1.44 bits per heavy atom. The Bertz CT molecular complexity index is 534. The minimum atomic E-state index is -0.938. The lowest BCUT2D eigenvalue weighted by Gasteiger charge is -2.42. The lowest BCUT2D eigenvalue weighted by Crippen LogP contribution is -2.57. The number of aliphatic carboxylic acids is 3. The Labute approximate surface area is 194 Å². The third kappa shape index (κ3) is 13.5. The molecule has 3 unspecified atom stereocenters. The molecular weight excluding hydrogens is 410 g/mol. The number of allylic oxidation sites excluding steroid dienone is 2. The molecule has 0 radical (unpaired) electrons. The number of carboxylic acids is 3. The van der Waals surface area contributed by atoms with Crippen LogP contribution in [-0.2, 0) is 14.4 Å². The highest BCUT2D eigenvalue weighted by Gasteiger charge is 2.38. The predicted molar refractivity (Wildman–Crippen MR) is 126 cm³/mol. The van der Waals surface area contributed by atoms with Gasteiger partial charge in [-0.15, -0.1) is 0 Å². The number of nitrogens with zero attached hydrogens (tertiary/aromatic N) is 1. The summed E-state index contributed by atoms with van der Waals surface area (Å²) in [6, 6.07) is 0. The van der Waals surface area contributed by atoms with Crippen LogP contribution in [-0.4, -0.2) is 63.9 Å². The van der Waals surface area contributed by atoms with Crippen molar-refractivity contribution in [2.45, 2.75) is 85.5 Å². The van der Waals surface area contributed by atoms with E-state index in [0.717, 1.165) is 38.5 Å². The normalized spacial score (nSPS) is 16.4. The largest absolute Gasteiger partial charge is 0.481 e. The number of hydrogen-bond acceptors (Lipinski definition) is 3. The fourth-order valence-corrected chi connectivity index (χ4v) is 4.29. The topological polar surface area (TPSA) is 112 Å². The maximum absolute atomic E-state index is 11.5. The van der Waals surface area contributed by atoms with Gasteiger partial charge < -0.3 is 19.8 Å². The third-order valence-corrected chi connectivity index (χ3v) is 6.12. The molecule has 0 rings (SSSR count). The molecule has 3 atom stereocenters. The molecule has 7 nitrogen and oxygen atoms in total. The van der Waals surface area contributed by atoms with Crippen molar-refractivity contribution in [3.05, 3.63) is 12.2 Å². The van der Waals surface area contributed by atoms with E-state index in [1.54, 1.807) is 20.8 Å². The lowest BCUT2D eigenvalue weighted by atomic mass is 10.0. The summed E-state index contributed by atoms with van der Waals surface area (Å²) in [4.78, 5) is 34.6. The van der Waals surface area contributed by atoms with Gasteiger partial charge in [-0.3, -0.25) is 14.4 Å². The molecule has 0 saturated heterocycles. The van der Waals surface area contributed by atoms with Crippen LogP contribution in [0.3, 0.4) is 0 Å². The maximum atomic E-state index is 11.5. The number of quaternary nitrogens is 1. The minimum absolute atomic E-state index is 0.219. The Balaban J connectivity index is 4.94. The molecule has 3 N–H and O–H groups in total. The van der Waals surface area contributed by atoms with Gasteiger partial charge >= 0.3 is 17.9 Å². The van der Waals surface area contributed by atoms with Gasteiger partial charge in [-0.05, 0) is 52.9 Å². The molecule has 0 bridgehead atoms. The van der Waals surface area contributed by atoms with Gasteiger partial charge in [0.1, 0.15) is 17.8 Å². The quantitative estimate of drug-likeness (QED) is 0.134. The number of unbranched alkanes of at least 4 members (excludes halogenated alkanes) is 7. The van der Waals surface area contributed by atoms with Crippen LogP contribution < -0.4 is 0 Å². The fourth-order valence-electron chi connectivity index (χ4n) is 4.29. The van der Waals surface area contributed by atoms with E-state index >= 15 is 0 Å². The molecule has 0 aliphatic rings. The maximum Gasteiger partial charge on any atom is 0.311 e. The zero-order chi connectivity index (χ0) is 24.6. The van der Waals surface area contributed by atoms with Gasteiger partial charge in [0.25, 0.3) is 0 Å². The van der Waals surface area contributed by atoms with Crippen molar-refractivity contribution in [3.8, 4) is 0 Å². The molecule has 0 fully saturated rings. The van der Waals surface area contributed by atoms with Crippen molar-refractivity contribution >= 4 is 17.9 Å². The summed E-state index contributed by atoms with van der Waals surface area (Å²) >= 11 is 0. The lowest BCUT2D eigenvalue weighted by molar-refractivity contribution is -0.934. The van der Waals surface area contributed by atoms with E-state index in [4.69, 9.17) is 0 Å². The molecule has 186 valence electrons. The van der Waals surface area contributed by atoms with Gasteiger partial charge in [-0.25, -0.2) is 0 Å². The number of carbonyl (C=O) groups is 3. The van der Waals surface area contributed by atoms with Crippen molar-refractivity contribution in [2.24, 2.45) is 17.8 Å². The van der Waals surface area contributed by atoms with Crippen LogP contribution in [0.4, 0.5) is 0 Å². The summed E-state index contributed by atoms with van der Waals surface area (Å²) in [6.45, 7) is 8.35. The average Bonchev–Trinajstić information content (AvgIpc) is 2.71. The highest BCUT2D eigenvalue weighted by Crippen LogP contribution is 2.22. The summed E-state index contributed by atoms with van der Waals surface area (Å²) in [5, 5.41) is 28.3. The van der Waals surface area contributed by atoms with Crippen molar-refractivity contribution in [3.63, 3.8) is 0 Å². The first-order valence-corrected chi connectivity index (χ1v) is 12.2. The minimum Gasteiger partial charge on any atom is -0.481 e. The Kier molecular flexibility index (Phi) is 15.7. The molecular formula is C25H46NO6+. The molecule has 0 aliphatic carbocycles. The average molecular weight is 457 g/mol. The van der Waals surface area contributed by atoms with Gasteiger partial charge in [-0.2, -0.15) is 0 Å². The third-order valence-electron chi connectivity index (χ3n) is 6.12. The van der Waals surface area contributed by atoms with Crippen LogP contribution in [0.15, 0.2) is 12.2 Å². The summed E-state index contributed by atoms with van der Waals surface area (Å²) in [5.74, 6) is -4.82. The molecule has 7 heteroatoms. The van der Waals surface area contributed by atoms with E-state index in [-0.39, 0.29) is 24.1 Å². The SMILES string of the molecule is CCC/C=C/CCCCCCCC[N+](CC(C)C(=O)O)(CC(C)C(=O)O)CC(C)C(=O)O. The van der Waals surface area contributed by atoms with Crippen molar-refractivity contribution in [1.82, 2.24) is 0 Å². The summed E-state index contributed by atoms with van der Waals surface area (Å²) in [5.41, 5.74) is 0. The molecule has 0 amide bonds. The molecule has 0 aliphatic heterocycles. The van der Waals surface area contributed by atoms with Crippen LogP contribution in [0, 0.1) is 17.8 Å². The van der Waals surface area contributed by atoms with Gasteiger partial charge in [0.05, 0.1) is 26.2 Å². The first kappa shape index (κ1) is 30.1. The standard InChI is InChI=1S/C25H45NO6/c1-5-6-7-8-9-10-11-12-13-14-15-16-26(17-20(2)23(27)28,18-21(3)24(29)30)19-22(4)25(31)32/h7-8,20-22H,5-6,9-19H2,1-4H3,(H2-,27,28,29,30,31,32)/p+1/b8-7+. The fraction of sp³-hybridized carbons (Fsp3) is 0.800. The first-order valence-electron chi connectivity index (χ1n) is 12.2. The van der Waals surface area contributed by atoms with E-state index in [1.165, 1.54) is 19.3 Å². The van der Waals surface area contributed by atoms with Crippen LogP contribution in [0.1, 0.15) is 85.5 Å². The van der Waals surface area contributed by atoms with Gasteiger partial charge in [-0.1, -0.05) is 44.8 Å². The van der Waals surface area contributed by atoms with Crippen LogP contribution >= 0.6 is 0 Å². The second-order valence-electron chi connectivity index (χ2n) is 9.50. The van der Waals surface area contributed by atoms with Crippen LogP contribution in [0.25, 0.3) is 0 Å². The zero-order valence-electron chi connectivity index (χ0n) is 20.6. The van der Waals surface area contributed by atoms with Crippen molar-refractivity contribution in [1.29, 1.82) is 0 Å². The van der Waals surface area contributed by atoms with Gasteiger partial charge in [0.15, 0.2) is 0 Å². The molecule has 0 heterocycles. The molecule has 32 heavy (non-hydrogen) atoms. The Morgan fingerprint density at radius 1 is 0.656 bits per heavy atom. The molecule has 0 spiro atoms. The Morgan fingerprint density at radius 2 is 1.03 bits per heavy atom. The summed E-state index contributed by atoms with van der Waals surface area (Å²) < 4.78 is 0.219. The van der Waals surface area contributed by atoms with E-state index < -0.39 is 35.7 Å². The van der Waals surface area contributed by atoms with E-state index in [1.807, 2.05) is 0 Å². The van der Waals surface area contributed by atoms with Crippen LogP contribution in [0.5, 0.6) is 0 Å². The Hall–Kier alpha value is -1.89. The smallest absolute Gasteiger partial charge is 0.311 e. The summed E-state index contributed by atoms with van der Waals surface area (Å²) in [6.07, 6.45) is 14.3. The van der Waals surface area contributed by atoms with Gasteiger partial charge in [0, 0.05) is 0 Å². The van der Waals surface area contributed by atoms with Crippen molar-refractivity contribution in [2.75, 3.05) is 26.2 Å². The highest BCUT2D eigenvalue weighted by molar-refractivity contribution is 5.70. The molecule has 0 aromatic carbocycles. The zero-order valence-corrected chi connectivity index (χ0v) is 20.6. The number of carboxylic acid groups (broad SMARTS) is 3. The molecule has 0 saturated carbocycles. The molecule has 0 aromatic rings. The van der Waals surface area contributed by atoms with E-state index in [0.29, 0.717) is 6.54 Å². The second-order valence-corrected chi connectivity index (χ2v) is 9.50. The van der Waals surface area contributed by atoms with Crippen molar-refractivity contribution < 1.29 is 34.2 Å². The van der Waals surface area contributed by atoms with Crippen LogP contribution in [0.2, 0.25) is 0 Å². The second kappa shape index (κ2) is 16.7. The molecule has 0 aromatic heterocycles. The van der Waals surface area contributed by atoms with Gasteiger partial charge in [0.2, 0.25) is 0 Å². The predicted octanol–water partition coefficient (Wildman–Crippen LogP) is 5.05. The van der Waals surface area contributed by atoms with E-state index in [2.05, 4.69) is 19.1 Å². The van der Waals surface area contributed by atoms with E-state index in [9.17, 15) is 29.7 Å². The highest BCUT2D eigenvalue weighted by atomic mass is 16.4. The monoisotopic (exact) mass is 456 g/mol. The first-order chi connectivity index (χ1) is 15.0. The summed E-state index contributed by atoms with van der Waals surface area (Å²) in [7, 11) is 0.